The Morgan fingerprint density at radius 1 is 1.20 bits per heavy atom. The van der Waals surface area contributed by atoms with Crippen LogP contribution in [0.5, 0.6) is 5.75 Å². The predicted octanol–water partition coefficient (Wildman–Crippen LogP) is 4.24. The lowest BCUT2D eigenvalue weighted by Crippen LogP contribution is -2.02. The van der Waals surface area contributed by atoms with Crippen LogP contribution in [0.25, 0.3) is 0 Å². The summed E-state index contributed by atoms with van der Waals surface area (Å²) in [5.74, 6) is 1.43. The number of ether oxygens (including phenoxy) is 1. The van der Waals surface area contributed by atoms with E-state index in [0.29, 0.717) is 18.9 Å². The number of hydrogen-bond acceptors (Lipinski definition) is 3. The number of hydrogen-bond donors (Lipinski definition) is 0. The molecule has 1 rings (SSSR count). The summed E-state index contributed by atoms with van der Waals surface area (Å²) < 4.78 is 27.3. The zero-order valence-electron chi connectivity index (χ0n) is 12.4. The molecular formula is C15H23ClO3S. The van der Waals surface area contributed by atoms with Gasteiger partial charge in [0.2, 0.25) is 9.05 Å². The molecule has 0 saturated heterocycles. The van der Waals surface area contributed by atoms with Crippen LogP contribution < -0.4 is 4.74 Å². The summed E-state index contributed by atoms with van der Waals surface area (Å²) in [5.41, 5.74) is 2.39. The third kappa shape index (κ3) is 6.62. The van der Waals surface area contributed by atoms with Gasteiger partial charge in [-0.25, -0.2) is 8.42 Å². The van der Waals surface area contributed by atoms with Crippen molar-refractivity contribution in [3.05, 3.63) is 29.3 Å². The molecule has 0 spiro atoms. The Bertz CT molecular complexity index is 524. The monoisotopic (exact) mass is 318 g/mol. The Hall–Kier alpha value is -0.740. The molecule has 0 aliphatic heterocycles. The van der Waals surface area contributed by atoms with Crippen molar-refractivity contribution in [2.45, 2.75) is 46.0 Å². The van der Waals surface area contributed by atoms with E-state index in [-0.39, 0.29) is 5.75 Å². The highest BCUT2D eigenvalue weighted by atomic mass is 35.7. The average Bonchev–Trinajstić information content (AvgIpc) is 2.34. The van der Waals surface area contributed by atoms with Crippen LogP contribution in [0.4, 0.5) is 0 Å². The van der Waals surface area contributed by atoms with Crippen molar-refractivity contribution in [1.29, 1.82) is 0 Å². The Kier molecular flexibility index (Phi) is 6.83. The lowest BCUT2D eigenvalue weighted by Gasteiger charge is -2.12. The molecule has 1 aromatic rings. The molecule has 1 aromatic carbocycles. The Morgan fingerprint density at radius 2 is 1.90 bits per heavy atom. The Balaban J connectivity index is 2.37. The second-order valence-electron chi connectivity index (χ2n) is 5.33. The molecule has 0 amide bonds. The van der Waals surface area contributed by atoms with Crippen molar-refractivity contribution in [2.75, 3.05) is 12.4 Å². The number of unbranched alkanes of at least 4 members (excludes halogenated alkanes) is 2. The molecule has 5 heteroatoms. The van der Waals surface area contributed by atoms with E-state index in [1.807, 2.05) is 6.92 Å². The van der Waals surface area contributed by atoms with Crippen molar-refractivity contribution in [1.82, 2.24) is 0 Å². The lowest BCUT2D eigenvalue weighted by molar-refractivity contribution is 0.304. The predicted molar refractivity (Wildman–Crippen MR) is 84.3 cm³/mol. The van der Waals surface area contributed by atoms with Crippen LogP contribution in [0, 0.1) is 6.92 Å². The summed E-state index contributed by atoms with van der Waals surface area (Å²) in [6, 6.07) is 6.28. The van der Waals surface area contributed by atoms with Gasteiger partial charge in [0.15, 0.2) is 0 Å². The highest BCUT2D eigenvalue weighted by Gasteiger charge is 2.06. The summed E-state index contributed by atoms with van der Waals surface area (Å²) >= 11 is 0. The first-order valence-electron chi connectivity index (χ1n) is 6.95. The van der Waals surface area contributed by atoms with Crippen molar-refractivity contribution < 1.29 is 13.2 Å². The quantitative estimate of drug-likeness (QED) is 0.532. The lowest BCUT2D eigenvalue weighted by atomic mass is 10.0. The van der Waals surface area contributed by atoms with E-state index in [2.05, 4.69) is 32.0 Å². The minimum Gasteiger partial charge on any atom is -0.493 e. The molecule has 0 aromatic heterocycles. The fraction of sp³-hybridized carbons (Fsp3) is 0.600. The van der Waals surface area contributed by atoms with Gasteiger partial charge < -0.3 is 4.74 Å². The highest BCUT2D eigenvalue weighted by molar-refractivity contribution is 8.13. The largest absolute Gasteiger partial charge is 0.493 e. The fourth-order valence-electron chi connectivity index (χ4n) is 1.87. The van der Waals surface area contributed by atoms with Gasteiger partial charge in [0, 0.05) is 10.7 Å². The molecule has 0 aliphatic carbocycles. The van der Waals surface area contributed by atoms with E-state index in [0.717, 1.165) is 24.2 Å². The molecule has 0 aliphatic rings. The Morgan fingerprint density at radius 3 is 2.50 bits per heavy atom. The second kappa shape index (κ2) is 7.89. The second-order valence-corrected chi connectivity index (χ2v) is 8.23. The van der Waals surface area contributed by atoms with Gasteiger partial charge in [0.25, 0.3) is 0 Å². The van der Waals surface area contributed by atoms with Gasteiger partial charge in [0.05, 0.1) is 12.4 Å². The third-order valence-corrected chi connectivity index (χ3v) is 4.41. The van der Waals surface area contributed by atoms with E-state index in [9.17, 15) is 8.42 Å². The summed E-state index contributed by atoms with van der Waals surface area (Å²) in [4.78, 5) is 0. The van der Waals surface area contributed by atoms with Crippen molar-refractivity contribution >= 4 is 19.7 Å². The van der Waals surface area contributed by atoms with Crippen LogP contribution in [0.2, 0.25) is 0 Å². The van der Waals surface area contributed by atoms with Crippen LogP contribution >= 0.6 is 10.7 Å². The van der Waals surface area contributed by atoms with E-state index >= 15 is 0 Å². The van der Waals surface area contributed by atoms with E-state index in [4.69, 9.17) is 15.4 Å². The van der Waals surface area contributed by atoms with Gasteiger partial charge in [-0.15, -0.1) is 0 Å². The molecule has 0 unspecified atom stereocenters. The Labute approximate surface area is 126 Å². The minimum atomic E-state index is -3.35. The molecule has 0 heterocycles. The van der Waals surface area contributed by atoms with Crippen molar-refractivity contribution in [2.24, 2.45) is 0 Å². The normalized spacial score (nSPS) is 11.8. The molecule has 0 atom stereocenters. The third-order valence-electron chi connectivity index (χ3n) is 3.17. The smallest absolute Gasteiger partial charge is 0.232 e. The van der Waals surface area contributed by atoms with Crippen molar-refractivity contribution in [3.63, 3.8) is 0 Å². The SMILES string of the molecule is Cc1ccc(C(C)C)cc1OCCCCCS(=O)(=O)Cl. The molecule has 0 fully saturated rings. The molecule has 3 nitrogen and oxygen atoms in total. The van der Waals surface area contributed by atoms with E-state index < -0.39 is 9.05 Å². The zero-order chi connectivity index (χ0) is 15.2. The van der Waals surface area contributed by atoms with Gasteiger partial charge in [-0.1, -0.05) is 26.0 Å². The number of rotatable bonds is 8. The van der Waals surface area contributed by atoms with Crippen LogP contribution in [0.3, 0.4) is 0 Å². The van der Waals surface area contributed by atoms with Crippen molar-refractivity contribution in [3.8, 4) is 5.75 Å². The minimum absolute atomic E-state index is 0.0381. The summed E-state index contributed by atoms with van der Waals surface area (Å²) in [5, 5.41) is 0. The number of halogens is 1. The van der Waals surface area contributed by atoms with Gasteiger partial charge >= 0.3 is 0 Å². The molecule has 0 saturated carbocycles. The van der Waals surface area contributed by atoms with E-state index in [1.54, 1.807) is 0 Å². The van der Waals surface area contributed by atoms with Gasteiger partial charge in [-0.3, -0.25) is 0 Å². The van der Waals surface area contributed by atoms with Crippen LogP contribution in [0.15, 0.2) is 18.2 Å². The summed E-state index contributed by atoms with van der Waals surface area (Å²) in [7, 11) is 1.80. The zero-order valence-corrected chi connectivity index (χ0v) is 13.9. The fourth-order valence-corrected chi connectivity index (χ4v) is 2.74. The van der Waals surface area contributed by atoms with Crippen LogP contribution in [0.1, 0.15) is 50.2 Å². The summed E-state index contributed by atoms with van der Waals surface area (Å²) in [6.07, 6.45) is 2.22. The summed E-state index contributed by atoms with van der Waals surface area (Å²) in [6.45, 7) is 6.94. The molecule has 0 bridgehead atoms. The first-order valence-corrected chi connectivity index (χ1v) is 9.43. The van der Waals surface area contributed by atoms with Gasteiger partial charge in [-0.05, 0) is 49.3 Å². The molecule has 0 radical (unpaired) electrons. The maximum Gasteiger partial charge on any atom is 0.232 e. The molecule has 0 N–H and O–H groups in total. The first kappa shape index (κ1) is 17.3. The van der Waals surface area contributed by atoms with Gasteiger partial charge in [-0.2, -0.15) is 0 Å². The maximum absolute atomic E-state index is 10.8. The first-order chi connectivity index (χ1) is 9.29. The standard InChI is InChI=1S/C15H23ClO3S/c1-12(2)14-8-7-13(3)15(11-14)19-9-5-4-6-10-20(16,17)18/h7-8,11-12H,4-6,9-10H2,1-3H3. The number of benzene rings is 1. The topological polar surface area (TPSA) is 43.4 Å². The highest BCUT2D eigenvalue weighted by Crippen LogP contribution is 2.24. The average molecular weight is 319 g/mol. The van der Waals surface area contributed by atoms with Gasteiger partial charge in [0.1, 0.15) is 5.75 Å². The van der Waals surface area contributed by atoms with Crippen LogP contribution in [-0.4, -0.2) is 20.8 Å². The number of aryl methyl sites for hydroxylation is 1. The maximum atomic E-state index is 10.8. The van der Waals surface area contributed by atoms with Crippen LogP contribution in [-0.2, 0) is 9.05 Å². The molecular weight excluding hydrogens is 296 g/mol. The molecule has 20 heavy (non-hydrogen) atoms. The van der Waals surface area contributed by atoms with E-state index in [1.165, 1.54) is 5.56 Å². The molecule has 114 valence electrons.